The van der Waals surface area contributed by atoms with E-state index in [1.807, 2.05) is 0 Å². The maximum Gasteiger partial charge on any atom is 0.244 e. The lowest BCUT2D eigenvalue weighted by molar-refractivity contribution is 0.188. The number of sulfonamides is 1. The smallest absolute Gasteiger partial charge is 0.244 e. The van der Waals surface area contributed by atoms with Crippen molar-refractivity contribution in [3.63, 3.8) is 0 Å². The lowest BCUT2D eigenvalue weighted by Crippen LogP contribution is -2.33. The highest BCUT2D eigenvalue weighted by atomic mass is 32.2. The fourth-order valence-corrected chi connectivity index (χ4v) is 3.22. The number of rotatable bonds is 8. The molecule has 7 heteroatoms. The summed E-state index contributed by atoms with van der Waals surface area (Å²) in [4.78, 5) is 0.196. The van der Waals surface area contributed by atoms with Crippen LogP contribution in [-0.2, 0) is 21.3 Å². The van der Waals surface area contributed by atoms with Crippen LogP contribution in [0.3, 0.4) is 0 Å². The van der Waals surface area contributed by atoms with Gasteiger partial charge in [0.2, 0.25) is 10.0 Å². The van der Waals surface area contributed by atoms with Crippen molar-refractivity contribution in [3.05, 3.63) is 17.6 Å². The molecule has 0 bridgehead atoms. The van der Waals surface area contributed by atoms with E-state index in [1.165, 1.54) is 0 Å². The van der Waals surface area contributed by atoms with E-state index in [0.717, 1.165) is 0 Å². The first-order valence-corrected chi connectivity index (χ1v) is 7.64. The molecule has 2 N–H and O–H groups in total. The molecule has 0 saturated carbocycles. The molecule has 0 spiro atoms. The van der Waals surface area contributed by atoms with Crippen LogP contribution in [-0.4, -0.2) is 35.2 Å². The average Bonchev–Trinajstić information content (AvgIpc) is 2.68. The van der Waals surface area contributed by atoms with E-state index in [2.05, 4.69) is 10.0 Å². The van der Waals surface area contributed by atoms with Crippen LogP contribution in [0.2, 0.25) is 0 Å². The zero-order valence-electron chi connectivity index (χ0n) is 11.8. The SMILES string of the molecule is CNCc1cc(S(=O)(=O)NC(C)CCOC)c(C)o1. The zero-order chi connectivity index (χ0) is 14.5. The fraction of sp³-hybridized carbons (Fsp3) is 0.667. The molecule has 0 saturated heterocycles. The van der Waals surface area contributed by atoms with Gasteiger partial charge in [0.25, 0.3) is 0 Å². The topological polar surface area (TPSA) is 80.6 Å². The van der Waals surface area contributed by atoms with Gasteiger partial charge in [0.1, 0.15) is 16.4 Å². The Morgan fingerprint density at radius 3 is 2.74 bits per heavy atom. The molecule has 0 aromatic carbocycles. The van der Waals surface area contributed by atoms with Gasteiger partial charge in [-0.1, -0.05) is 0 Å². The van der Waals surface area contributed by atoms with E-state index in [1.54, 1.807) is 34.1 Å². The molecule has 0 aliphatic carbocycles. The molecule has 6 nitrogen and oxygen atoms in total. The number of methoxy groups -OCH3 is 1. The predicted octanol–water partition coefficient (Wildman–Crippen LogP) is 1.01. The van der Waals surface area contributed by atoms with E-state index < -0.39 is 10.0 Å². The highest BCUT2D eigenvalue weighted by Gasteiger charge is 2.23. The molecular formula is C12H22N2O4S. The zero-order valence-corrected chi connectivity index (χ0v) is 12.6. The molecule has 0 amide bonds. The highest BCUT2D eigenvalue weighted by molar-refractivity contribution is 7.89. The van der Waals surface area contributed by atoms with Crippen molar-refractivity contribution in [3.8, 4) is 0 Å². The van der Waals surface area contributed by atoms with E-state index in [0.29, 0.717) is 31.1 Å². The van der Waals surface area contributed by atoms with Crippen LogP contribution in [0.1, 0.15) is 24.9 Å². The lowest BCUT2D eigenvalue weighted by Gasteiger charge is -2.12. The van der Waals surface area contributed by atoms with Gasteiger partial charge < -0.3 is 14.5 Å². The maximum atomic E-state index is 12.2. The molecule has 0 fully saturated rings. The minimum Gasteiger partial charge on any atom is -0.464 e. The lowest BCUT2D eigenvalue weighted by atomic mass is 10.3. The number of hydrogen-bond donors (Lipinski definition) is 2. The normalized spacial score (nSPS) is 13.7. The van der Waals surface area contributed by atoms with Crippen LogP contribution in [0.4, 0.5) is 0 Å². The molecule has 0 aliphatic rings. The number of hydrogen-bond acceptors (Lipinski definition) is 5. The molecule has 0 radical (unpaired) electrons. The number of furan rings is 1. The Morgan fingerprint density at radius 2 is 2.16 bits per heavy atom. The summed E-state index contributed by atoms with van der Waals surface area (Å²) in [5.74, 6) is 1.00. The molecule has 19 heavy (non-hydrogen) atoms. The number of ether oxygens (including phenoxy) is 1. The molecule has 1 atom stereocenters. The fourth-order valence-electron chi connectivity index (χ4n) is 1.73. The van der Waals surface area contributed by atoms with Crippen molar-refractivity contribution >= 4 is 10.0 Å². The Morgan fingerprint density at radius 1 is 1.47 bits per heavy atom. The molecule has 110 valence electrons. The van der Waals surface area contributed by atoms with E-state index in [4.69, 9.17) is 9.15 Å². The van der Waals surface area contributed by atoms with E-state index >= 15 is 0 Å². The van der Waals surface area contributed by atoms with Crippen molar-refractivity contribution in [2.45, 2.75) is 37.8 Å². The van der Waals surface area contributed by atoms with Crippen molar-refractivity contribution in [1.29, 1.82) is 0 Å². The number of nitrogens with one attached hydrogen (secondary N) is 2. The minimum atomic E-state index is -3.55. The summed E-state index contributed by atoms with van der Waals surface area (Å²) in [7, 11) is -0.182. The first-order valence-electron chi connectivity index (χ1n) is 6.16. The van der Waals surface area contributed by atoms with E-state index in [9.17, 15) is 8.42 Å². The molecule has 1 heterocycles. The van der Waals surface area contributed by atoms with Crippen LogP contribution >= 0.6 is 0 Å². The van der Waals surface area contributed by atoms with Gasteiger partial charge in [0, 0.05) is 25.8 Å². The largest absolute Gasteiger partial charge is 0.464 e. The molecule has 1 aromatic rings. The van der Waals surface area contributed by atoms with Crippen molar-refractivity contribution < 1.29 is 17.6 Å². The van der Waals surface area contributed by atoms with E-state index in [-0.39, 0.29) is 10.9 Å². The Kier molecular flexibility index (Phi) is 5.99. The van der Waals surface area contributed by atoms with Gasteiger partial charge in [-0.05, 0) is 27.3 Å². The second kappa shape index (κ2) is 7.04. The summed E-state index contributed by atoms with van der Waals surface area (Å²) in [6, 6.07) is 1.36. The summed E-state index contributed by atoms with van der Waals surface area (Å²) < 4.78 is 37.4. The maximum absolute atomic E-state index is 12.2. The van der Waals surface area contributed by atoms with Gasteiger partial charge in [-0.15, -0.1) is 0 Å². The van der Waals surface area contributed by atoms with Gasteiger partial charge in [-0.25, -0.2) is 13.1 Å². The second-order valence-corrected chi connectivity index (χ2v) is 6.15. The second-order valence-electron chi connectivity index (χ2n) is 4.47. The van der Waals surface area contributed by atoms with Crippen molar-refractivity contribution in [2.24, 2.45) is 0 Å². The van der Waals surface area contributed by atoms with Crippen molar-refractivity contribution in [2.75, 3.05) is 20.8 Å². The third-order valence-electron chi connectivity index (χ3n) is 2.68. The van der Waals surface area contributed by atoms with Crippen LogP contribution in [0.5, 0.6) is 0 Å². The summed E-state index contributed by atoms with van der Waals surface area (Å²) in [5.41, 5.74) is 0. The standard InChI is InChI=1S/C12H22N2O4S/c1-9(5-6-17-4)14-19(15,16)12-7-11(8-13-3)18-10(12)2/h7,9,13-14H,5-6,8H2,1-4H3. The van der Waals surface area contributed by atoms with Crippen LogP contribution in [0.25, 0.3) is 0 Å². The third kappa shape index (κ3) is 4.61. The Hall–Kier alpha value is -0.890. The minimum absolute atomic E-state index is 0.188. The first kappa shape index (κ1) is 16.2. The van der Waals surface area contributed by atoms with Gasteiger partial charge in [-0.3, -0.25) is 0 Å². The predicted molar refractivity (Wildman–Crippen MR) is 72.5 cm³/mol. The Labute approximate surface area is 114 Å². The first-order chi connectivity index (χ1) is 8.90. The van der Waals surface area contributed by atoms with Crippen LogP contribution in [0.15, 0.2) is 15.4 Å². The van der Waals surface area contributed by atoms with Gasteiger partial charge in [-0.2, -0.15) is 0 Å². The molecule has 0 aliphatic heterocycles. The Balaban J connectivity index is 2.82. The van der Waals surface area contributed by atoms with Crippen LogP contribution < -0.4 is 10.0 Å². The third-order valence-corrected chi connectivity index (χ3v) is 4.37. The van der Waals surface area contributed by atoms with Gasteiger partial charge in [0.15, 0.2) is 0 Å². The summed E-state index contributed by atoms with van der Waals surface area (Å²) in [6.07, 6.45) is 0.621. The average molecular weight is 290 g/mol. The summed E-state index contributed by atoms with van der Waals surface area (Å²) >= 11 is 0. The molecule has 1 unspecified atom stereocenters. The highest BCUT2D eigenvalue weighted by Crippen LogP contribution is 2.20. The molecule has 1 aromatic heterocycles. The summed E-state index contributed by atoms with van der Waals surface area (Å²) in [5, 5.41) is 2.92. The summed E-state index contributed by atoms with van der Waals surface area (Å²) in [6.45, 7) is 4.46. The van der Waals surface area contributed by atoms with Crippen molar-refractivity contribution in [1.82, 2.24) is 10.0 Å². The number of aryl methyl sites for hydroxylation is 1. The van der Waals surface area contributed by atoms with Gasteiger partial charge >= 0.3 is 0 Å². The van der Waals surface area contributed by atoms with Crippen LogP contribution in [0, 0.1) is 6.92 Å². The molecule has 1 rings (SSSR count). The van der Waals surface area contributed by atoms with Gasteiger partial charge in [0.05, 0.1) is 6.54 Å². The molecular weight excluding hydrogens is 268 g/mol. The monoisotopic (exact) mass is 290 g/mol. The Bertz CT molecular complexity index is 496. The quantitative estimate of drug-likeness (QED) is 0.747.